The van der Waals surface area contributed by atoms with Gasteiger partial charge in [-0.15, -0.1) is 0 Å². The van der Waals surface area contributed by atoms with Crippen molar-refractivity contribution in [3.63, 3.8) is 0 Å². The van der Waals surface area contributed by atoms with Crippen molar-refractivity contribution in [1.82, 2.24) is 10.3 Å². The van der Waals surface area contributed by atoms with E-state index in [0.29, 0.717) is 12.1 Å². The molecule has 1 amide bonds. The predicted octanol–water partition coefficient (Wildman–Crippen LogP) is 2.78. The third-order valence-corrected chi connectivity index (χ3v) is 2.99. The van der Waals surface area contributed by atoms with Gasteiger partial charge in [0.15, 0.2) is 0 Å². The third kappa shape index (κ3) is 3.79. The highest BCUT2D eigenvalue weighted by molar-refractivity contribution is 9.10. The monoisotopic (exact) mass is 320 g/mol. The molecule has 0 unspecified atom stereocenters. The number of benzene rings is 1. The molecule has 98 valence electrons. The Bertz CT molecular complexity index is 587. The maximum atomic E-state index is 11.9. The van der Waals surface area contributed by atoms with E-state index in [1.807, 2.05) is 24.3 Å². The Morgan fingerprint density at radius 1 is 1.37 bits per heavy atom. The second-order valence-electron chi connectivity index (χ2n) is 3.93. The first-order valence-electron chi connectivity index (χ1n) is 5.71. The summed E-state index contributed by atoms with van der Waals surface area (Å²) in [5.41, 5.74) is 1.51. The molecule has 1 heterocycles. The van der Waals surface area contributed by atoms with Gasteiger partial charge in [0, 0.05) is 23.4 Å². The van der Waals surface area contributed by atoms with E-state index in [9.17, 15) is 4.79 Å². The second-order valence-corrected chi connectivity index (χ2v) is 4.84. The van der Waals surface area contributed by atoms with Gasteiger partial charge < -0.3 is 10.1 Å². The summed E-state index contributed by atoms with van der Waals surface area (Å²) in [7, 11) is 1.62. The van der Waals surface area contributed by atoms with Gasteiger partial charge in [0.05, 0.1) is 12.7 Å². The molecule has 0 aliphatic rings. The molecule has 2 aromatic rings. The molecule has 0 radical (unpaired) electrons. The van der Waals surface area contributed by atoms with Crippen LogP contribution in [0, 0.1) is 0 Å². The number of hydrogen-bond donors (Lipinski definition) is 1. The summed E-state index contributed by atoms with van der Waals surface area (Å²) in [6.07, 6.45) is 3.17. The highest BCUT2D eigenvalue weighted by Crippen LogP contribution is 2.13. The van der Waals surface area contributed by atoms with Gasteiger partial charge >= 0.3 is 0 Å². The van der Waals surface area contributed by atoms with Crippen LogP contribution in [0.2, 0.25) is 0 Å². The lowest BCUT2D eigenvalue weighted by Gasteiger charge is -2.07. The van der Waals surface area contributed by atoms with Crippen molar-refractivity contribution >= 4 is 21.8 Å². The fraction of sp³-hybridized carbons (Fsp3) is 0.143. The molecule has 2 rings (SSSR count). The minimum atomic E-state index is -0.156. The van der Waals surface area contributed by atoms with E-state index in [1.165, 1.54) is 6.20 Å². The Hall–Kier alpha value is -1.88. The minimum absolute atomic E-state index is 0.156. The van der Waals surface area contributed by atoms with Gasteiger partial charge in [-0.2, -0.15) is 0 Å². The quantitative estimate of drug-likeness (QED) is 0.942. The maximum Gasteiger partial charge on any atom is 0.253 e. The highest BCUT2D eigenvalue weighted by atomic mass is 79.9. The molecule has 0 saturated carbocycles. The molecule has 4 nitrogen and oxygen atoms in total. The largest absolute Gasteiger partial charge is 0.497 e. The van der Waals surface area contributed by atoms with Crippen LogP contribution in [0.4, 0.5) is 0 Å². The van der Waals surface area contributed by atoms with Crippen LogP contribution in [-0.2, 0) is 6.54 Å². The Kier molecular flexibility index (Phi) is 4.52. The molecule has 0 atom stereocenters. The molecule has 0 spiro atoms. The molecule has 19 heavy (non-hydrogen) atoms. The summed E-state index contributed by atoms with van der Waals surface area (Å²) in [5.74, 6) is 0.618. The lowest BCUT2D eigenvalue weighted by Crippen LogP contribution is -2.22. The molecule has 0 saturated heterocycles. The Morgan fingerprint density at radius 2 is 2.21 bits per heavy atom. The van der Waals surface area contributed by atoms with Crippen LogP contribution in [0.25, 0.3) is 0 Å². The summed E-state index contributed by atoms with van der Waals surface area (Å²) in [5, 5.41) is 2.84. The van der Waals surface area contributed by atoms with Crippen molar-refractivity contribution in [2.75, 3.05) is 7.11 Å². The number of hydrogen-bond acceptors (Lipinski definition) is 3. The molecule has 5 heteroatoms. The van der Waals surface area contributed by atoms with Gasteiger partial charge in [0.25, 0.3) is 5.91 Å². The number of rotatable bonds is 4. The minimum Gasteiger partial charge on any atom is -0.497 e. The number of pyridine rings is 1. The highest BCUT2D eigenvalue weighted by Gasteiger charge is 2.06. The molecule has 1 aromatic carbocycles. The van der Waals surface area contributed by atoms with Crippen LogP contribution in [-0.4, -0.2) is 18.0 Å². The van der Waals surface area contributed by atoms with Gasteiger partial charge in [-0.25, -0.2) is 0 Å². The molecular weight excluding hydrogens is 308 g/mol. The van der Waals surface area contributed by atoms with Crippen molar-refractivity contribution in [2.45, 2.75) is 6.54 Å². The predicted molar refractivity (Wildman–Crippen MR) is 76.1 cm³/mol. The maximum absolute atomic E-state index is 11.9. The fourth-order valence-electron chi connectivity index (χ4n) is 1.60. The number of aromatic nitrogens is 1. The zero-order chi connectivity index (χ0) is 13.7. The first kappa shape index (κ1) is 13.5. The van der Waals surface area contributed by atoms with E-state index in [-0.39, 0.29) is 5.91 Å². The van der Waals surface area contributed by atoms with E-state index >= 15 is 0 Å². The molecule has 0 bridgehead atoms. The van der Waals surface area contributed by atoms with Crippen LogP contribution in [0.1, 0.15) is 15.9 Å². The first-order chi connectivity index (χ1) is 9.19. The SMILES string of the molecule is COc1cccc(CNC(=O)c2cncc(Br)c2)c1. The zero-order valence-electron chi connectivity index (χ0n) is 10.4. The zero-order valence-corrected chi connectivity index (χ0v) is 12.0. The van der Waals surface area contributed by atoms with Crippen molar-refractivity contribution in [2.24, 2.45) is 0 Å². The van der Waals surface area contributed by atoms with E-state index < -0.39 is 0 Å². The van der Waals surface area contributed by atoms with Crippen LogP contribution in [0.5, 0.6) is 5.75 Å². The Balaban J connectivity index is 2.00. The van der Waals surface area contributed by atoms with E-state index in [0.717, 1.165) is 15.8 Å². The summed E-state index contributed by atoms with van der Waals surface area (Å²) >= 11 is 3.29. The number of methoxy groups -OCH3 is 1. The number of carbonyl (C=O) groups excluding carboxylic acids is 1. The van der Waals surface area contributed by atoms with Gasteiger partial charge in [0.1, 0.15) is 5.75 Å². The van der Waals surface area contributed by atoms with Gasteiger partial charge in [-0.3, -0.25) is 9.78 Å². The Morgan fingerprint density at radius 3 is 2.95 bits per heavy atom. The molecule has 0 aliphatic carbocycles. The number of nitrogens with one attached hydrogen (secondary N) is 1. The number of nitrogens with zero attached hydrogens (tertiary/aromatic N) is 1. The topological polar surface area (TPSA) is 51.2 Å². The number of halogens is 1. The number of ether oxygens (including phenoxy) is 1. The average molecular weight is 321 g/mol. The normalized spacial score (nSPS) is 10.0. The lowest BCUT2D eigenvalue weighted by molar-refractivity contribution is 0.0950. The number of carbonyl (C=O) groups is 1. The summed E-state index contributed by atoms with van der Waals surface area (Å²) in [4.78, 5) is 15.9. The van der Waals surface area contributed by atoms with Crippen LogP contribution >= 0.6 is 15.9 Å². The standard InChI is InChI=1S/C14H13BrN2O2/c1-19-13-4-2-3-10(5-13)7-17-14(18)11-6-12(15)9-16-8-11/h2-6,8-9H,7H2,1H3,(H,17,18). The van der Waals surface area contributed by atoms with Crippen LogP contribution in [0.3, 0.4) is 0 Å². The lowest BCUT2D eigenvalue weighted by atomic mass is 10.2. The average Bonchev–Trinajstić information content (AvgIpc) is 2.45. The molecule has 1 N–H and O–H groups in total. The van der Waals surface area contributed by atoms with Crippen molar-refractivity contribution in [3.05, 3.63) is 58.3 Å². The fourth-order valence-corrected chi connectivity index (χ4v) is 1.97. The Labute approximate surface area is 119 Å². The van der Waals surface area contributed by atoms with Crippen LogP contribution < -0.4 is 10.1 Å². The second kappa shape index (κ2) is 6.33. The van der Waals surface area contributed by atoms with Crippen molar-refractivity contribution in [3.8, 4) is 5.75 Å². The summed E-state index contributed by atoms with van der Waals surface area (Å²) in [6.45, 7) is 0.447. The summed E-state index contributed by atoms with van der Waals surface area (Å²) in [6, 6.07) is 9.31. The van der Waals surface area contributed by atoms with Gasteiger partial charge in [0.2, 0.25) is 0 Å². The van der Waals surface area contributed by atoms with Crippen molar-refractivity contribution < 1.29 is 9.53 Å². The van der Waals surface area contributed by atoms with E-state index in [4.69, 9.17) is 4.74 Å². The van der Waals surface area contributed by atoms with E-state index in [2.05, 4.69) is 26.2 Å². The summed E-state index contributed by atoms with van der Waals surface area (Å²) < 4.78 is 5.91. The molecular formula is C14H13BrN2O2. The smallest absolute Gasteiger partial charge is 0.253 e. The molecule has 0 aliphatic heterocycles. The third-order valence-electron chi connectivity index (χ3n) is 2.55. The van der Waals surface area contributed by atoms with Crippen molar-refractivity contribution in [1.29, 1.82) is 0 Å². The molecule has 0 fully saturated rings. The molecule has 1 aromatic heterocycles. The van der Waals surface area contributed by atoms with Crippen LogP contribution in [0.15, 0.2) is 47.2 Å². The number of amides is 1. The van der Waals surface area contributed by atoms with Gasteiger partial charge in [-0.1, -0.05) is 12.1 Å². The van der Waals surface area contributed by atoms with Gasteiger partial charge in [-0.05, 0) is 39.7 Å². The van der Waals surface area contributed by atoms with E-state index in [1.54, 1.807) is 19.4 Å². The first-order valence-corrected chi connectivity index (χ1v) is 6.50.